The van der Waals surface area contributed by atoms with Crippen molar-refractivity contribution in [1.82, 2.24) is 0 Å². The lowest BCUT2D eigenvalue weighted by molar-refractivity contribution is -0.139. The second kappa shape index (κ2) is 1.58. The molecule has 3 nitrogen and oxygen atoms in total. The Bertz CT molecular complexity index is 151. The van der Waals surface area contributed by atoms with Gasteiger partial charge in [0.15, 0.2) is 6.04 Å². The molecule has 1 aliphatic heterocycles. The summed E-state index contributed by atoms with van der Waals surface area (Å²) in [5.74, 6) is -0.248. The van der Waals surface area contributed by atoms with Crippen LogP contribution < -0.4 is 0 Å². The van der Waals surface area contributed by atoms with Gasteiger partial charge in [-0.05, 0) is 6.92 Å². The van der Waals surface area contributed by atoms with E-state index in [0.29, 0.717) is 0 Å². The summed E-state index contributed by atoms with van der Waals surface area (Å²) in [7, 11) is 1.36. The predicted molar refractivity (Wildman–Crippen MR) is 28.9 cm³/mol. The van der Waals surface area contributed by atoms with E-state index >= 15 is 0 Å². The average Bonchev–Trinajstić information content (AvgIpc) is 2.45. The van der Waals surface area contributed by atoms with Gasteiger partial charge in [0.25, 0.3) is 0 Å². The molecule has 0 bridgehead atoms. The maximum atomic E-state index is 10.4. The number of carbonyl (C=O) groups excluding carboxylic acids is 1. The fourth-order valence-corrected chi connectivity index (χ4v) is 0.501. The first-order valence-electron chi connectivity index (χ1n) is 2.38. The highest BCUT2D eigenvalue weighted by Crippen LogP contribution is 2.11. The zero-order valence-electron chi connectivity index (χ0n) is 4.84. The second-order valence-electron chi connectivity index (χ2n) is 1.70. The fourth-order valence-electron chi connectivity index (χ4n) is 0.501. The van der Waals surface area contributed by atoms with E-state index in [2.05, 4.69) is 9.73 Å². The highest BCUT2D eigenvalue weighted by Gasteiger charge is 2.31. The zero-order chi connectivity index (χ0) is 6.15. The maximum absolute atomic E-state index is 10.4. The molecule has 1 aliphatic rings. The van der Waals surface area contributed by atoms with Crippen LogP contribution in [0.25, 0.3) is 0 Å². The number of esters is 1. The lowest BCUT2D eigenvalue weighted by Gasteiger charge is -1.90. The van der Waals surface area contributed by atoms with Crippen LogP contribution in [0.3, 0.4) is 0 Å². The molecule has 0 aromatic heterocycles. The van der Waals surface area contributed by atoms with Crippen LogP contribution in [0.15, 0.2) is 4.99 Å². The lowest BCUT2D eigenvalue weighted by Crippen LogP contribution is -2.12. The van der Waals surface area contributed by atoms with Crippen LogP contribution in [-0.4, -0.2) is 24.8 Å². The summed E-state index contributed by atoms with van der Waals surface area (Å²) in [6, 6.07) is -0.236. The Morgan fingerprint density at radius 1 is 1.88 bits per heavy atom. The summed E-state index contributed by atoms with van der Waals surface area (Å²) in [5.41, 5.74) is 0.872. The molecule has 0 aliphatic carbocycles. The van der Waals surface area contributed by atoms with Gasteiger partial charge in [0.2, 0.25) is 0 Å². The van der Waals surface area contributed by atoms with E-state index in [1.165, 1.54) is 7.11 Å². The van der Waals surface area contributed by atoms with Gasteiger partial charge in [0.1, 0.15) is 0 Å². The molecule has 3 heteroatoms. The van der Waals surface area contributed by atoms with E-state index in [9.17, 15) is 4.79 Å². The number of carbonyl (C=O) groups is 1. The monoisotopic (exact) mass is 113 g/mol. The van der Waals surface area contributed by atoms with Crippen molar-refractivity contribution in [3.63, 3.8) is 0 Å². The molecule has 0 spiro atoms. The average molecular weight is 113 g/mol. The minimum atomic E-state index is -0.248. The van der Waals surface area contributed by atoms with Gasteiger partial charge in [-0.2, -0.15) is 0 Å². The van der Waals surface area contributed by atoms with Gasteiger partial charge < -0.3 is 4.74 Å². The number of hydrogen-bond donors (Lipinski definition) is 0. The third kappa shape index (κ3) is 0.710. The summed E-state index contributed by atoms with van der Waals surface area (Å²) in [4.78, 5) is 14.2. The largest absolute Gasteiger partial charge is 0.467 e. The van der Waals surface area contributed by atoms with Gasteiger partial charge in [-0.1, -0.05) is 0 Å². The molecule has 0 aromatic rings. The molecule has 1 atom stereocenters. The number of ether oxygens (including phenoxy) is 1. The standard InChI is InChI=1S/C5H7NO2/c1-3-4(6-3)5(7)8-2/h4H,1-2H3. The van der Waals surface area contributed by atoms with Crippen molar-refractivity contribution < 1.29 is 9.53 Å². The van der Waals surface area contributed by atoms with E-state index in [1.54, 1.807) is 0 Å². The van der Waals surface area contributed by atoms with Crippen molar-refractivity contribution in [2.75, 3.05) is 7.11 Å². The van der Waals surface area contributed by atoms with Crippen LogP contribution in [0.5, 0.6) is 0 Å². The van der Waals surface area contributed by atoms with Gasteiger partial charge in [0, 0.05) is 5.71 Å². The van der Waals surface area contributed by atoms with Crippen LogP contribution in [0.4, 0.5) is 0 Å². The van der Waals surface area contributed by atoms with Crippen molar-refractivity contribution in [2.24, 2.45) is 4.99 Å². The van der Waals surface area contributed by atoms with Crippen LogP contribution in [0.2, 0.25) is 0 Å². The Morgan fingerprint density at radius 2 is 2.38 bits per heavy atom. The molecule has 0 saturated carbocycles. The minimum absolute atomic E-state index is 0.236. The van der Waals surface area contributed by atoms with Crippen LogP contribution in [0, 0.1) is 0 Å². The van der Waals surface area contributed by atoms with Crippen molar-refractivity contribution in [3.05, 3.63) is 0 Å². The molecule has 0 fully saturated rings. The molecule has 1 unspecified atom stereocenters. The number of rotatable bonds is 1. The third-order valence-electron chi connectivity index (χ3n) is 1.09. The molecule has 0 aromatic carbocycles. The van der Waals surface area contributed by atoms with Crippen molar-refractivity contribution >= 4 is 11.7 Å². The van der Waals surface area contributed by atoms with Gasteiger partial charge in [-0.15, -0.1) is 0 Å². The van der Waals surface area contributed by atoms with Crippen LogP contribution in [-0.2, 0) is 9.53 Å². The highest BCUT2D eigenvalue weighted by molar-refractivity contribution is 6.14. The van der Waals surface area contributed by atoms with Crippen LogP contribution >= 0.6 is 0 Å². The van der Waals surface area contributed by atoms with E-state index < -0.39 is 0 Å². The predicted octanol–water partition coefficient (Wildman–Crippen LogP) is 0.00250. The zero-order valence-corrected chi connectivity index (χ0v) is 4.84. The number of aliphatic imine (C=N–C) groups is 1. The first-order valence-corrected chi connectivity index (χ1v) is 2.38. The Morgan fingerprint density at radius 3 is 2.50 bits per heavy atom. The topological polar surface area (TPSA) is 38.7 Å². The van der Waals surface area contributed by atoms with Gasteiger partial charge in [-0.3, -0.25) is 4.99 Å². The number of nitrogens with zero attached hydrogens (tertiary/aromatic N) is 1. The summed E-state index contributed by atoms with van der Waals surface area (Å²) < 4.78 is 4.39. The quantitative estimate of drug-likeness (QED) is 0.449. The first kappa shape index (κ1) is 5.28. The Labute approximate surface area is 47.4 Å². The molecule has 1 heterocycles. The summed E-state index contributed by atoms with van der Waals surface area (Å²) in [5, 5.41) is 0. The number of methoxy groups -OCH3 is 1. The van der Waals surface area contributed by atoms with Gasteiger partial charge in [-0.25, -0.2) is 4.79 Å². The fraction of sp³-hybridized carbons (Fsp3) is 0.600. The molecule has 0 radical (unpaired) electrons. The second-order valence-corrected chi connectivity index (χ2v) is 1.70. The first-order chi connectivity index (χ1) is 3.75. The summed E-state index contributed by atoms with van der Waals surface area (Å²) in [6.07, 6.45) is 0. The Balaban J connectivity index is 2.32. The lowest BCUT2D eigenvalue weighted by atomic mass is 10.3. The molecule has 0 saturated heterocycles. The van der Waals surface area contributed by atoms with Gasteiger partial charge >= 0.3 is 5.97 Å². The summed E-state index contributed by atoms with van der Waals surface area (Å²) in [6.45, 7) is 1.81. The molecule has 8 heavy (non-hydrogen) atoms. The number of hydrogen-bond acceptors (Lipinski definition) is 3. The van der Waals surface area contributed by atoms with E-state index in [-0.39, 0.29) is 12.0 Å². The molecular formula is C5H7NO2. The SMILES string of the molecule is COC(=O)C1N=C1C. The third-order valence-corrected chi connectivity index (χ3v) is 1.09. The molecule has 1 rings (SSSR count). The smallest absolute Gasteiger partial charge is 0.336 e. The van der Waals surface area contributed by atoms with Crippen LogP contribution in [0.1, 0.15) is 6.92 Å². The Kier molecular flexibility index (Phi) is 1.04. The maximum Gasteiger partial charge on any atom is 0.336 e. The highest BCUT2D eigenvalue weighted by atomic mass is 16.5. The Hall–Kier alpha value is -0.860. The van der Waals surface area contributed by atoms with Gasteiger partial charge in [0.05, 0.1) is 7.11 Å². The molecule has 0 amide bonds. The summed E-state index contributed by atoms with van der Waals surface area (Å²) >= 11 is 0. The minimum Gasteiger partial charge on any atom is -0.467 e. The van der Waals surface area contributed by atoms with Crippen molar-refractivity contribution in [3.8, 4) is 0 Å². The van der Waals surface area contributed by atoms with E-state index in [1.807, 2.05) is 6.92 Å². The van der Waals surface area contributed by atoms with Crippen molar-refractivity contribution in [2.45, 2.75) is 13.0 Å². The molecule has 0 N–H and O–H groups in total. The van der Waals surface area contributed by atoms with E-state index in [4.69, 9.17) is 0 Å². The van der Waals surface area contributed by atoms with E-state index in [0.717, 1.165) is 5.71 Å². The molecule has 44 valence electrons. The molecular weight excluding hydrogens is 106 g/mol. The van der Waals surface area contributed by atoms with Crippen molar-refractivity contribution in [1.29, 1.82) is 0 Å². The normalized spacial score (nSPS) is 24.2.